The lowest BCUT2D eigenvalue weighted by atomic mass is 9.93. The van der Waals surface area contributed by atoms with Crippen LogP contribution in [0.3, 0.4) is 0 Å². The lowest BCUT2D eigenvalue weighted by Crippen LogP contribution is -2.40. The average molecular weight is 318 g/mol. The van der Waals surface area contributed by atoms with Gasteiger partial charge in [0.25, 0.3) is 0 Å². The van der Waals surface area contributed by atoms with E-state index in [1.807, 2.05) is 13.8 Å². The lowest BCUT2D eigenvalue weighted by Gasteiger charge is -2.24. The minimum absolute atomic E-state index is 0.120. The largest absolute Gasteiger partial charge is 0.379 e. The van der Waals surface area contributed by atoms with E-state index in [4.69, 9.17) is 4.74 Å². The van der Waals surface area contributed by atoms with E-state index >= 15 is 0 Å². The number of hydrogen-bond acceptors (Lipinski definition) is 3. The Morgan fingerprint density at radius 1 is 1.35 bits per heavy atom. The van der Waals surface area contributed by atoms with Crippen molar-refractivity contribution < 1.29 is 9.53 Å². The van der Waals surface area contributed by atoms with Gasteiger partial charge in [-0.05, 0) is 45.7 Å². The summed E-state index contributed by atoms with van der Waals surface area (Å²) in [7, 11) is 0. The van der Waals surface area contributed by atoms with Gasteiger partial charge in [0.1, 0.15) is 0 Å². The molecule has 0 spiro atoms. The minimum atomic E-state index is 0.120. The summed E-state index contributed by atoms with van der Waals surface area (Å²) in [4.78, 5) is 14.4. The molecule has 4 nitrogen and oxygen atoms in total. The Labute approximate surface area is 140 Å². The SMILES string of the molecule is CC(C)OCCCNC(=O)CN1CC[C@@H](c2ccccc2)[C@H]1C. The molecule has 4 heteroatoms. The van der Waals surface area contributed by atoms with Gasteiger partial charge in [0, 0.05) is 25.1 Å². The third-order valence-corrected chi connectivity index (χ3v) is 4.55. The second-order valence-corrected chi connectivity index (χ2v) is 6.64. The fourth-order valence-electron chi connectivity index (χ4n) is 3.23. The van der Waals surface area contributed by atoms with Crippen molar-refractivity contribution in [1.29, 1.82) is 0 Å². The highest BCUT2D eigenvalue weighted by Crippen LogP contribution is 2.32. The molecular formula is C19H30N2O2. The van der Waals surface area contributed by atoms with Crippen molar-refractivity contribution in [1.82, 2.24) is 10.2 Å². The van der Waals surface area contributed by atoms with Crippen LogP contribution >= 0.6 is 0 Å². The predicted molar refractivity (Wildman–Crippen MR) is 93.5 cm³/mol. The van der Waals surface area contributed by atoms with E-state index in [1.165, 1.54) is 5.56 Å². The maximum atomic E-state index is 12.1. The molecule has 23 heavy (non-hydrogen) atoms. The number of ether oxygens (including phenoxy) is 1. The van der Waals surface area contributed by atoms with Gasteiger partial charge in [0.2, 0.25) is 5.91 Å². The van der Waals surface area contributed by atoms with Crippen LogP contribution in [0.4, 0.5) is 0 Å². The van der Waals surface area contributed by atoms with Gasteiger partial charge in [0.15, 0.2) is 0 Å². The first-order chi connectivity index (χ1) is 11.1. The van der Waals surface area contributed by atoms with E-state index in [2.05, 4.69) is 47.5 Å². The minimum Gasteiger partial charge on any atom is -0.379 e. The monoisotopic (exact) mass is 318 g/mol. The summed E-state index contributed by atoms with van der Waals surface area (Å²) in [5.74, 6) is 0.651. The van der Waals surface area contributed by atoms with Crippen molar-refractivity contribution in [3.63, 3.8) is 0 Å². The quantitative estimate of drug-likeness (QED) is 0.750. The number of likely N-dealkylation sites (tertiary alicyclic amines) is 1. The summed E-state index contributed by atoms with van der Waals surface area (Å²) in [6.07, 6.45) is 2.25. The topological polar surface area (TPSA) is 41.6 Å². The van der Waals surface area contributed by atoms with E-state index in [-0.39, 0.29) is 12.0 Å². The van der Waals surface area contributed by atoms with E-state index < -0.39 is 0 Å². The fraction of sp³-hybridized carbons (Fsp3) is 0.632. The van der Waals surface area contributed by atoms with Gasteiger partial charge in [-0.3, -0.25) is 9.69 Å². The van der Waals surface area contributed by atoms with E-state index in [0.717, 1.165) is 19.4 Å². The highest BCUT2D eigenvalue weighted by Gasteiger charge is 2.32. The maximum Gasteiger partial charge on any atom is 0.234 e. The van der Waals surface area contributed by atoms with Crippen LogP contribution in [0.2, 0.25) is 0 Å². The standard InChI is InChI=1S/C19H30N2O2/c1-15(2)23-13-7-11-20-19(22)14-21-12-10-18(16(21)3)17-8-5-4-6-9-17/h4-6,8-9,15-16,18H,7,10-14H2,1-3H3,(H,20,22)/t16-,18-/m1/s1. The van der Waals surface area contributed by atoms with Gasteiger partial charge in [-0.25, -0.2) is 0 Å². The normalized spacial score (nSPS) is 21.7. The van der Waals surface area contributed by atoms with Gasteiger partial charge in [0.05, 0.1) is 12.6 Å². The molecule has 2 atom stereocenters. The Bertz CT molecular complexity index is 476. The highest BCUT2D eigenvalue weighted by atomic mass is 16.5. The van der Waals surface area contributed by atoms with Gasteiger partial charge in [-0.15, -0.1) is 0 Å². The molecule has 1 aliphatic rings. The Kier molecular flexibility index (Phi) is 7.06. The molecule has 1 aromatic carbocycles. The Hall–Kier alpha value is -1.39. The van der Waals surface area contributed by atoms with Crippen LogP contribution in [0.25, 0.3) is 0 Å². The second-order valence-electron chi connectivity index (χ2n) is 6.64. The number of carbonyl (C=O) groups is 1. The van der Waals surface area contributed by atoms with Gasteiger partial charge >= 0.3 is 0 Å². The van der Waals surface area contributed by atoms with Gasteiger partial charge < -0.3 is 10.1 Å². The molecule has 0 unspecified atom stereocenters. The summed E-state index contributed by atoms with van der Waals surface area (Å²) in [6.45, 7) is 9.16. The first-order valence-electron chi connectivity index (χ1n) is 8.75. The van der Waals surface area contributed by atoms with Gasteiger partial charge in [-0.2, -0.15) is 0 Å². The van der Waals surface area contributed by atoms with Crippen LogP contribution in [-0.2, 0) is 9.53 Å². The molecule has 0 bridgehead atoms. The molecule has 1 aromatic rings. The van der Waals surface area contributed by atoms with Crippen molar-refractivity contribution >= 4 is 5.91 Å². The van der Waals surface area contributed by atoms with Crippen LogP contribution in [-0.4, -0.2) is 49.2 Å². The zero-order chi connectivity index (χ0) is 16.7. The van der Waals surface area contributed by atoms with Crippen LogP contribution in [0.1, 0.15) is 45.1 Å². The molecule has 0 aliphatic carbocycles. The van der Waals surface area contributed by atoms with Crippen molar-refractivity contribution in [2.24, 2.45) is 0 Å². The Morgan fingerprint density at radius 3 is 2.78 bits per heavy atom. The van der Waals surface area contributed by atoms with E-state index in [9.17, 15) is 4.79 Å². The molecule has 0 radical (unpaired) electrons. The molecule has 128 valence electrons. The number of hydrogen-bond donors (Lipinski definition) is 1. The van der Waals surface area contributed by atoms with E-state index in [1.54, 1.807) is 0 Å². The molecule has 1 saturated heterocycles. The first kappa shape index (κ1) is 18.0. The molecule has 1 fully saturated rings. The molecule has 2 rings (SSSR count). The second kappa shape index (κ2) is 9.04. The van der Waals surface area contributed by atoms with E-state index in [0.29, 0.717) is 31.7 Å². The van der Waals surface area contributed by atoms with Crippen LogP contribution in [0.15, 0.2) is 30.3 Å². The summed E-state index contributed by atoms with van der Waals surface area (Å²) < 4.78 is 5.48. The zero-order valence-corrected chi connectivity index (χ0v) is 14.6. The molecule has 1 amide bonds. The van der Waals surface area contributed by atoms with Crippen LogP contribution in [0, 0.1) is 0 Å². The number of benzene rings is 1. The summed E-state index contributed by atoms with van der Waals surface area (Å²) in [5, 5.41) is 3.00. The molecule has 0 aromatic heterocycles. The smallest absolute Gasteiger partial charge is 0.234 e. The van der Waals surface area contributed by atoms with Crippen molar-refractivity contribution in [3.8, 4) is 0 Å². The number of nitrogens with one attached hydrogen (secondary N) is 1. The van der Waals surface area contributed by atoms with Crippen molar-refractivity contribution in [2.75, 3.05) is 26.2 Å². The zero-order valence-electron chi connectivity index (χ0n) is 14.6. The molecule has 0 saturated carbocycles. The maximum absolute atomic E-state index is 12.1. The van der Waals surface area contributed by atoms with Crippen molar-refractivity contribution in [3.05, 3.63) is 35.9 Å². The number of nitrogens with zero attached hydrogens (tertiary/aromatic N) is 1. The number of rotatable bonds is 8. The van der Waals surface area contributed by atoms with Crippen molar-refractivity contribution in [2.45, 2.75) is 51.7 Å². The third kappa shape index (κ3) is 5.63. The number of carbonyl (C=O) groups excluding carboxylic acids is 1. The molecule has 1 heterocycles. The van der Waals surface area contributed by atoms with Crippen LogP contribution < -0.4 is 5.32 Å². The molecule has 1 N–H and O–H groups in total. The predicted octanol–water partition coefficient (Wildman–Crippen LogP) is 2.80. The van der Waals surface area contributed by atoms with Crippen LogP contribution in [0.5, 0.6) is 0 Å². The summed E-state index contributed by atoms with van der Waals surface area (Å²) in [6, 6.07) is 11.0. The lowest BCUT2D eigenvalue weighted by molar-refractivity contribution is -0.122. The fourth-order valence-corrected chi connectivity index (χ4v) is 3.23. The van der Waals surface area contributed by atoms with Gasteiger partial charge in [-0.1, -0.05) is 30.3 Å². The Morgan fingerprint density at radius 2 is 2.09 bits per heavy atom. The summed E-state index contributed by atoms with van der Waals surface area (Å²) >= 11 is 0. The highest BCUT2D eigenvalue weighted by molar-refractivity contribution is 5.78. The summed E-state index contributed by atoms with van der Waals surface area (Å²) in [5.41, 5.74) is 1.38. The number of amides is 1. The first-order valence-corrected chi connectivity index (χ1v) is 8.75. The Balaban J connectivity index is 1.70. The average Bonchev–Trinajstić information content (AvgIpc) is 2.88. The molecular weight excluding hydrogens is 288 g/mol. The third-order valence-electron chi connectivity index (χ3n) is 4.55. The molecule has 1 aliphatic heterocycles.